The zero-order chi connectivity index (χ0) is 24.8. The normalized spacial score (nSPS) is 11.2. The Balaban J connectivity index is 1.59. The molecular weight excluding hydrogens is 442 g/mol. The highest BCUT2D eigenvalue weighted by atomic mass is 15.0. The summed E-state index contributed by atoms with van der Waals surface area (Å²) in [5.74, 6) is 1.79. The number of nitrogens with zero attached hydrogens (tertiary/aromatic N) is 5. The Bertz CT molecular complexity index is 1800. The molecule has 2 aromatic heterocycles. The van der Waals surface area contributed by atoms with E-state index >= 15 is 0 Å². The molecule has 4 aromatic carbocycles. The second-order valence-electron chi connectivity index (χ2n) is 9.05. The van der Waals surface area contributed by atoms with E-state index in [4.69, 9.17) is 0 Å². The van der Waals surface area contributed by atoms with E-state index in [1.165, 1.54) is 21.9 Å². The van der Waals surface area contributed by atoms with Crippen molar-refractivity contribution in [3.63, 3.8) is 0 Å². The highest BCUT2D eigenvalue weighted by Crippen LogP contribution is 2.35. The van der Waals surface area contributed by atoms with Crippen LogP contribution < -0.4 is 0 Å². The summed E-state index contributed by atoms with van der Waals surface area (Å²) in [5, 5.41) is 12.4. The van der Waals surface area contributed by atoms with Crippen molar-refractivity contribution in [1.82, 2.24) is 19.5 Å². The molecular formula is C31H23N5. The summed E-state index contributed by atoms with van der Waals surface area (Å²) in [6.07, 6.45) is 0. The molecule has 0 atom stereocenters. The third-order valence-electron chi connectivity index (χ3n) is 6.54. The highest BCUT2D eigenvalue weighted by Gasteiger charge is 2.16. The molecule has 6 aromatic rings. The molecule has 0 radical (unpaired) electrons. The number of para-hydroxylation sites is 1. The Kier molecular flexibility index (Phi) is 5.09. The summed E-state index contributed by atoms with van der Waals surface area (Å²) in [6, 6.07) is 31.8. The lowest BCUT2D eigenvalue weighted by atomic mass is 10.0. The van der Waals surface area contributed by atoms with Crippen molar-refractivity contribution in [2.24, 2.45) is 0 Å². The van der Waals surface area contributed by atoms with Gasteiger partial charge in [0.1, 0.15) is 11.6 Å². The molecule has 0 aliphatic heterocycles. The van der Waals surface area contributed by atoms with Gasteiger partial charge in [-0.1, -0.05) is 60.2 Å². The van der Waals surface area contributed by atoms with Crippen molar-refractivity contribution in [3.05, 3.63) is 108 Å². The molecule has 36 heavy (non-hydrogen) atoms. The first kappa shape index (κ1) is 21.7. The molecule has 0 aliphatic carbocycles. The van der Waals surface area contributed by atoms with Crippen LogP contribution in [-0.4, -0.2) is 19.5 Å². The van der Waals surface area contributed by atoms with E-state index in [1.54, 1.807) is 0 Å². The van der Waals surface area contributed by atoms with Gasteiger partial charge in [-0.15, -0.1) is 0 Å². The van der Waals surface area contributed by atoms with Gasteiger partial charge in [-0.05, 0) is 62.2 Å². The number of hydrogen-bond donors (Lipinski definition) is 0. The van der Waals surface area contributed by atoms with Crippen LogP contribution in [0.4, 0.5) is 0 Å². The largest absolute Gasteiger partial charge is 0.309 e. The molecule has 172 valence electrons. The maximum absolute atomic E-state index is 10.1. The molecule has 0 spiro atoms. The van der Waals surface area contributed by atoms with Crippen LogP contribution in [0.15, 0.2) is 84.9 Å². The Morgan fingerprint density at radius 2 is 1.36 bits per heavy atom. The van der Waals surface area contributed by atoms with Gasteiger partial charge in [0.05, 0.1) is 22.7 Å². The monoisotopic (exact) mass is 465 g/mol. The van der Waals surface area contributed by atoms with E-state index in [0.717, 1.165) is 22.3 Å². The molecule has 0 fully saturated rings. The Morgan fingerprint density at radius 3 is 2.11 bits per heavy atom. The lowest BCUT2D eigenvalue weighted by Gasteiger charge is -2.12. The predicted molar refractivity (Wildman–Crippen MR) is 144 cm³/mol. The number of nitriles is 1. The summed E-state index contributed by atoms with van der Waals surface area (Å²) in [6.45, 7) is 5.77. The molecule has 0 saturated heterocycles. The summed E-state index contributed by atoms with van der Waals surface area (Å²) in [7, 11) is 0. The first-order valence-electron chi connectivity index (χ1n) is 11.9. The van der Waals surface area contributed by atoms with Crippen molar-refractivity contribution >= 4 is 21.8 Å². The maximum atomic E-state index is 10.1. The number of aryl methyl sites for hydroxylation is 3. The molecule has 0 amide bonds. The van der Waals surface area contributed by atoms with E-state index in [1.807, 2.05) is 32.0 Å². The molecule has 0 N–H and O–H groups in total. The highest BCUT2D eigenvalue weighted by molar-refractivity contribution is 6.10. The van der Waals surface area contributed by atoms with Crippen molar-refractivity contribution in [3.8, 4) is 34.3 Å². The molecule has 5 nitrogen and oxygen atoms in total. The Hall–Kier alpha value is -4.82. The summed E-state index contributed by atoms with van der Waals surface area (Å²) in [4.78, 5) is 13.2. The van der Waals surface area contributed by atoms with Gasteiger partial charge in [0, 0.05) is 22.0 Å². The second kappa shape index (κ2) is 8.44. The van der Waals surface area contributed by atoms with Crippen LogP contribution in [-0.2, 0) is 0 Å². The molecule has 6 rings (SSSR count). The number of rotatable bonds is 3. The van der Waals surface area contributed by atoms with Gasteiger partial charge in [0.15, 0.2) is 5.82 Å². The third-order valence-corrected chi connectivity index (χ3v) is 6.54. The first-order chi connectivity index (χ1) is 17.5. The molecule has 5 heteroatoms. The maximum Gasteiger partial charge on any atom is 0.164 e. The van der Waals surface area contributed by atoms with Crippen LogP contribution in [0.25, 0.3) is 50.0 Å². The number of benzene rings is 4. The summed E-state index contributed by atoms with van der Waals surface area (Å²) in [5.41, 5.74) is 7.91. The first-order valence-corrected chi connectivity index (χ1v) is 11.9. The number of hydrogen-bond acceptors (Lipinski definition) is 4. The molecule has 0 bridgehead atoms. The van der Waals surface area contributed by atoms with Crippen LogP contribution in [0, 0.1) is 32.1 Å². The van der Waals surface area contributed by atoms with Crippen molar-refractivity contribution < 1.29 is 0 Å². The lowest BCUT2D eigenvalue weighted by Crippen LogP contribution is -2.01. The van der Waals surface area contributed by atoms with Gasteiger partial charge >= 0.3 is 0 Å². The standard InChI is InChI=1S/C31H23N5/c1-19-8-10-22(11-9-19)23-12-14-28-27-6-4-5-7-29(27)36(30(28)17-23)25-13-15-26(24(16-25)18-32)31-34-20(2)33-21(3)35-31/h4-17H,1-3H3. The van der Waals surface area contributed by atoms with E-state index in [-0.39, 0.29) is 0 Å². The van der Waals surface area contributed by atoms with Crippen LogP contribution in [0.3, 0.4) is 0 Å². The van der Waals surface area contributed by atoms with Crippen molar-refractivity contribution in [1.29, 1.82) is 5.26 Å². The lowest BCUT2D eigenvalue weighted by molar-refractivity contribution is 0.928. The van der Waals surface area contributed by atoms with E-state index in [9.17, 15) is 5.26 Å². The summed E-state index contributed by atoms with van der Waals surface area (Å²) >= 11 is 0. The minimum atomic E-state index is 0.520. The summed E-state index contributed by atoms with van der Waals surface area (Å²) < 4.78 is 2.23. The minimum Gasteiger partial charge on any atom is -0.309 e. The Morgan fingerprint density at radius 1 is 0.667 bits per heavy atom. The average Bonchev–Trinajstić information content (AvgIpc) is 3.22. The number of fused-ring (bicyclic) bond motifs is 3. The fraction of sp³-hybridized carbons (Fsp3) is 0.0968. The topological polar surface area (TPSA) is 67.4 Å². The molecule has 0 unspecified atom stereocenters. The van der Waals surface area contributed by atoms with Crippen LogP contribution in [0.1, 0.15) is 22.8 Å². The predicted octanol–water partition coefficient (Wildman–Crippen LogP) is 7.10. The SMILES string of the molecule is Cc1ccc(-c2ccc3c4ccccc4n(-c4ccc(-c5nc(C)nc(C)n5)c(C#N)c4)c3c2)cc1. The van der Waals surface area contributed by atoms with Gasteiger partial charge in [-0.2, -0.15) is 5.26 Å². The van der Waals surface area contributed by atoms with Gasteiger partial charge in [-0.3, -0.25) is 0 Å². The zero-order valence-electron chi connectivity index (χ0n) is 20.3. The number of aromatic nitrogens is 4. The van der Waals surface area contributed by atoms with Crippen molar-refractivity contribution in [2.45, 2.75) is 20.8 Å². The van der Waals surface area contributed by atoms with Gasteiger partial charge < -0.3 is 4.57 Å². The molecule has 0 saturated carbocycles. The van der Waals surface area contributed by atoms with E-state index in [0.29, 0.717) is 28.6 Å². The fourth-order valence-electron chi connectivity index (χ4n) is 4.87. The minimum absolute atomic E-state index is 0.520. The average molecular weight is 466 g/mol. The zero-order valence-corrected chi connectivity index (χ0v) is 20.3. The molecule has 0 aliphatic rings. The van der Waals surface area contributed by atoms with E-state index in [2.05, 4.69) is 99.2 Å². The smallest absolute Gasteiger partial charge is 0.164 e. The van der Waals surface area contributed by atoms with Crippen molar-refractivity contribution in [2.75, 3.05) is 0 Å². The van der Waals surface area contributed by atoms with Gasteiger partial charge in [-0.25, -0.2) is 15.0 Å². The van der Waals surface area contributed by atoms with Gasteiger partial charge in [0.2, 0.25) is 0 Å². The third kappa shape index (κ3) is 3.60. The van der Waals surface area contributed by atoms with Gasteiger partial charge in [0.25, 0.3) is 0 Å². The fourth-order valence-corrected chi connectivity index (χ4v) is 4.87. The molecule has 2 heterocycles. The van der Waals surface area contributed by atoms with Crippen LogP contribution in [0.2, 0.25) is 0 Å². The van der Waals surface area contributed by atoms with Crippen LogP contribution in [0.5, 0.6) is 0 Å². The quantitative estimate of drug-likeness (QED) is 0.280. The van der Waals surface area contributed by atoms with E-state index < -0.39 is 0 Å². The van der Waals surface area contributed by atoms with Crippen LogP contribution >= 0.6 is 0 Å². The Labute approximate surface area is 209 Å². The second-order valence-corrected chi connectivity index (χ2v) is 9.05.